The van der Waals surface area contributed by atoms with E-state index in [1.54, 1.807) is 0 Å². The van der Waals surface area contributed by atoms with Gasteiger partial charge in [0.15, 0.2) is 0 Å². The summed E-state index contributed by atoms with van der Waals surface area (Å²) in [5.74, 6) is 0. The molecule has 4 nitrogen and oxygen atoms in total. The van der Waals surface area contributed by atoms with Crippen molar-refractivity contribution >= 4 is 87.2 Å². The fourth-order valence-corrected chi connectivity index (χ4v) is 11.0. The van der Waals surface area contributed by atoms with Gasteiger partial charge in [-0.3, -0.25) is 0 Å². The topological polar surface area (TPSA) is 19.7 Å². The van der Waals surface area contributed by atoms with E-state index in [2.05, 4.69) is 249 Å². The van der Waals surface area contributed by atoms with E-state index < -0.39 is 0 Å². The minimum Gasteiger partial charge on any atom is -0.309 e. The van der Waals surface area contributed by atoms with Crippen LogP contribution in [0.2, 0.25) is 0 Å². The summed E-state index contributed by atoms with van der Waals surface area (Å²) in [4.78, 5) is 0. The highest BCUT2D eigenvalue weighted by Crippen LogP contribution is 2.44. The average molecular weight is 815 g/mol. The van der Waals surface area contributed by atoms with Crippen LogP contribution in [0.5, 0.6) is 0 Å². The van der Waals surface area contributed by atoms with Crippen molar-refractivity contribution in [3.05, 3.63) is 231 Å². The molecule has 14 rings (SSSR count). The van der Waals surface area contributed by atoms with Crippen molar-refractivity contribution in [1.82, 2.24) is 18.3 Å². The SMILES string of the molecule is c1ccc(-n2c3ccccc3c3ccccc32)c(-c2ccccc2-n2c3ccc(-n4c5ccccc5c5ccccc54)cc3c3c(-n4c5ccccc5c5ccccc54)cccc32)c1. The quantitative estimate of drug-likeness (QED) is 0.165. The minimum atomic E-state index is 1.12. The van der Waals surface area contributed by atoms with Crippen LogP contribution in [0, 0.1) is 0 Å². The smallest absolute Gasteiger partial charge is 0.0562 e. The van der Waals surface area contributed by atoms with Crippen LogP contribution in [0.15, 0.2) is 231 Å². The van der Waals surface area contributed by atoms with Gasteiger partial charge in [-0.05, 0) is 78.9 Å². The number of benzene rings is 10. The maximum Gasteiger partial charge on any atom is 0.0562 e. The Kier molecular flexibility index (Phi) is 7.36. The second kappa shape index (κ2) is 13.4. The minimum absolute atomic E-state index is 1.12. The van der Waals surface area contributed by atoms with Gasteiger partial charge in [0.25, 0.3) is 0 Å². The zero-order valence-corrected chi connectivity index (χ0v) is 34.7. The van der Waals surface area contributed by atoms with Crippen molar-refractivity contribution < 1.29 is 0 Å². The summed E-state index contributed by atoms with van der Waals surface area (Å²) in [5, 5.41) is 9.90. The third-order valence-electron chi connectivity index (χ3n) is 13.6. The van der Waals surface area contributed by atoms with Crippen LogP contribution < -0.4 is 0 Å². The van der Waals surface area contributed by atoms with Crippen molar-refractivity contribution in [2.45, 2.75) is 0 Å². The number of hydrogen-bond acceptors (Lipinski definition) is 0. The number of rotatable bonds is 5. The molecular formula is C60H38N4. The lowest BCUT2D eigenvalue weighted by atomic mass is 10.0. The maximum absolute atomic E-state index is 2.51. The molecule has 0 radical (unpaired) electrons. The number of hydrogen-bond donors (Lipinski definition) is 0. The van der Waals surface area contributed by atoms with Crippen LogP contribution in [-0.4, -0.2) is 18.3 Å². The number of fused-ring (bicyclic) bond motifs is 12. The lowest BCUT2D eigenvalue weighted by molar-refractivity contribution is 1.15. The van der Waals surface area contributed by atoms with Crippen molar-refractivity contribution in [1.29, 1.82) is 0 Å². The molecule has 0 bridgehead atoms. The van der Waals surface area contributed by atoms with Crippen molar-refractivity contribution in [3.63, 3.8) is 0 Å². The summed E-state index contributed by atoms with van der Waals surface area (Å²) in [5.41, 5.74) is 16.3. The first kappa shape index (κ1) is 35.0. The normalized spacial score (nSPS) is 12.1. The van der Waals surface area contributed by atoms with Gasteiger partial charge in [0, 0.05) is 59.9 Å². The molecule has 0 fully saturated rings. The molecule has 0 aliphatic heterocycles. The van der Waals surface area contributed by atoms with Crippen molar-refractivity contribution in [3.8, 4) is 33.9 Å². The van der Waals surface area contributed by atoms with Crippen LogP contribution in [0.1, 0.15) is 0 Å². The lowest BCUT2D eigenvalue weighted by Crippen LogP contribution is -2.01. The van der Waals surface area contributed by atoms with Gasteiger partial charge in [0.05, 0.1) is 61.2 Å². The summed E-state index contributed by atoms with van der Waals surface area (Å²) in [7, 11) is 0. The van der Waals surface area contributed by atoms with E-state index in [0.29, 0.717) is 0 Å². The second-order valence-electron chi connectivity index (χ2n) is 16.9. The summed E-state index contributed by atoms with van der Waals surface area (Å²) >= 11 is 0. The molecule has 0 amide bonds. The molecule has 0 aliphatic rings. The molecule has 0 N–H and O–H groups in total. The molecule has 64 heavy (non-hydrogen) atoms. The second-order valence-corrected chi connectivity index (χ2v) is 16.9. The molecular weight excluding hydrogens is 777 g/mol. The largest absolute Gasteiger partial charge is 0.309 e. The molecule has 0 saturated heterocycles. The van der Waals surface area contributed by atoms with E-state index in [9.17, 15) is 0 Å². The first-order valence-corrected chi connectivity index (χ1v) is 22.0. The predicted octanol–water partition coefficient (Wildman–Crippen LogP) is 15.7. The van der Waals surface area contributed by atoms with Crippen LogP contribution in [0.3, 0.4) is 0 Å². The van der Waals surface area contributed by atoms with Gasteiger partial charge in [-0.2, -0.15) is 0 Å². The summed E-state index contributed by atoms with van der Waals surface area (Å²) in [6.07, 6.45) is 0. The van der Waals surface area contributed by atoms with Gasteiger partial charge in [-0.25, -0.2) is 0 Å². The van der Waals surface area contributed by atoms with Crippen LogP contribution in [0.4, 0.5) is 0 Å². The molecule has 298 valence electrons. The Balaban J connectivity index is 1.10. The summed E-state index contributed by atoms with van der Waals surface area (Å²) < 4.78 is 9.87. The first-order valence-electron chi connectivity index (χ1n) is 22.0. The molecule has 10 aromatic carbocycles. The highest BCUT2D eigenvalue weighted by molar-refractivity contribution is 6.18. The van der Waals surface area contributed by atoms with Crippen molar-refractivity contribution in [2.24, 2.45) is 0 Å². The molecule has 0 unspecified atom stereocenters. The van der Waals surface area contributed by atoms with E-state index >= 15 is 0 Å². The molecule has 0 saturated carbocycles. The van der Waals surface area contributed by atoms with Crippen LogP contribution in [0.25, 0.3) is 121 Å². The van der Waals surface area contributed by atoms with E-state index in [-0.39, 0.29) is 0 Å². The molecule has 0 atom stereocenters. The molecule has 4 heterocycles. The Hall–Kier alpha value is -8.60. The van der Waals surface area contributed by atoms with Crippen LogP contribution >= 0.6 is 0 Å². The summed E-state index contributed by atoms with van der Waals surface area (Å²) in [6.45, 7) is 0. The monoisotopic (exact) mass is 814 g/mol. The number of aromatic nitrogens is 4. The molecule has 4 aromatic heterocycles. The first-order chi connectivity index (χ1) is 31.8. The Bertz CT molecular complexity index is 4050. The van der Waals surface area contributed by atoms with Crippen molar-refractivity contribution in [2.75, 3.05) is 0 Å². The fourth-order valence-electron chi connectivity index (χ4n) is 11.0. The Labute approximate surface area is 368 Å². The van der Waals surface area contributed by atoms with Gasteiger partial charge in [-0.1, -0.05) is 152 Å². The molecule has 14 aromatic rings. The molecule has 0 spiro atoms. The lowest BCUT2D eigenvalue weighted by Gasteiger charge is -2.18. The standard InChI is InChI=1S/C60H38N4/c1-9-26-49-40(18-1)41-19-2-10-27-50(41)61(49)39-36-37-57-48(38-39)60-58(63-54-31-14-6-24-46(54)47-25-7-15-32-55(47)63)34-17-35-59(60)64(57)56-33-16-8-23-45(56)44-22-5-13-30-53(44)62-51-28-11-3-20-42(51)43-21-4-12-29-52(43)62/h1-38H. The molecule has 0 aliphatic carbocycles. The third kappa shape index (κ3) is 4.82. The number of para-hydroxylation sites is 8. The van der Waals surface area contributed by atoms with Gasteiger partial charge >= 0.3 is 0 Å². The third-order valence-corrected chi connectivity index (χ3v) is 13.6. The van der Waals surface area contributed by atoms with Gasteiger partial charge in [0.1, 0.15) is 0 Å². The highest BCUT2D eigenvalue weighted by atomic mass is 15.0. The predicted molar refractivity (Wildman–Crippen MR) is 269 cm³/mol. The van der Waals surface area contributed by atoms with E-state index in [4.69, 9.17) is 0 Å². The Morgan fingerprint density at radius 1 is 0.203 bits per heavy atom. The van der Waals surface area contributed by atoms with E-state index in [1.807, 2.05) is 0 Å². The Morgan fingerprint density at radius 2 is 0.516 bits per heavy atom. The zero-order valence-electron chi connectivity index (χ0n) is 34.7. The Morgan fingerprint density at radius 3 is 0.969 bits per heavy atom. The average Bonchev–Trinajstić information content (AvgIpc) is 4.09. The zero-order chi connectivity index (χ0) is 41.9. The fraction of sp³-hybridized carbons (Fsp3) is 0. The molecule has 4 heteroatoms. The van der Waals surface area contributed by atoms with Gasteiger partial charge in [-0.15, -0.1) is 0 Å². The van der Waals surface area contributed by atoms with E-state index in [1.165, 1.54) is 81.8 Å². The van der Waals surface area contributed by atoms with Gasteiger partial charge in [0.2, 0.25) is 0 Å². The maximum atomic E-state index is 2.51. The van der Waals surface area contributed by atoms with Crippen LogP contribution in [-0.2, 0) is 0 Å². The van der Waals surface area contributed by atoms with Gasteiger partial charge < -0.3 is 18.3 Å². The van der Waals surface area contributed by atoms with E-state index in [0.717, 1.165) is 39.3 Å². The highest BCUT2D eigenvalue weighted by Gasteiger charge is 2.24. The number of nitrogens with zero attached hydrogens (tertiary/aromatic N) is 4. The summed E-state index contributed by atoms with van der Waals surface area (Å²) in [6, 6.07) is 84.6.